The first-order valence-electron chi connectivity index (χ1n) is 6.16. The highest BCUT2D eigenvalue weighted by molar-refractivity contribution is 5.72. The average Bonchev–Trinajstić information content (AvgIpc) is 2.74. The Kier molecular flexibility index (Phi) is 4.17. The van der Waals surface area contributed by atoms with Gasteiger partial charge in [-0.3, -0.25) is 4.98 Å². The Morgan fingerprint density at radius 2 is 2.33 bits per heavy atom. The van der Waals surface area contributed by atoms with Gasteiger partial charge in [0.1, 0.15) is 0 Å². The van der Waals surface area contributed by atoms with Crippen molar-refractivity contribution in [2.75, 3.05) is 13.2 Å². The van der Waals surface area contributed by atoms with Gasteiger partial charge in [-0.2, -0.15) is 0 Å². The quantitative estimate of drug-likeness (QED) is 0.720. The van der Waals surface area contributed by atoms with E-state index in [2.05, 4.69) is 17.2 Å². The van der Waals surface area contributed by atoms with E-state index < -0.39 is 5.76 Å². The molecule has 0 fully saturated rings. The molecule has 1 heterocycles. The summed E-state index contributed by atoms with van der Waals surface area (Å²) >= 11 is 0. The lowest BCUT2D eigenvalue weighted by Crippen LogP contribution is -2.24. The van der Waals surface area contributed by atoms with Gasteiger partial charge in [0, 0.05) is 19.7 Å². The molecule has 5 nitrogen and oxygen atoms in total. The van der Waals surface area contributed by atoms with E-state index in [9.17, 15) is 4.79 Å². The van der Waals surface area contributed by atoms with Crippen molar-refractivity contribution in [3.05, 3.63) is 34.3 Å². The summed E-state index contributed by atoms with van der Waals surface area (Å²) < 4.78 is 5.00. The van der Waals surface area contributed by atoms with Crippen molar-refractivity contribution in [1.82, 2.24) is 10.3 Å². The van der Waals surface area contributed by atoms with E-state index in [-0.39, 0.29) is 6.61 Å². The number of hydrogen-bond donors (Lipinski definition) is 3. The fourth-order valence-electron chi connectivity index (χ4n) is 1.86. The van der Waals surface area contributed by atoms with Crippen molar-refractivity contribution < 1.29 is 9.52 Å². The SMILES string of the molecule is CCC(CO)CNCc1ccc2[nH]c(=O)oc2c1. The lowest BCUT2D eigenvalue weighted by Gasteiger charge is -2.12. The summed E-state index contributed by atoms with van der Waals surface area (Å²) in [6, 6.07) is 5.63. The largest absolute Gasteiger partial charge is 0.417 e. The highest BCUT2D eigenvalue weighted by Gasteiger charge is 2.05. The number of aromatic amines is 1. The van der Waals surface area contributed by atoms with Gasteiger partial charge in [0.25, 0.3) is 0 Å². The molecule has 0 amide bonds. The maximum Gasteiger partial charge on any atom is 0.417 e. The molecular weight excluding hydrogens is 232 g/mol. The smallest absolute Gasteiger partial charge is 0.408 e. The lowest BCUT2D eigenvalue weighted by atomic mass is 10.1. The normalized spacial score (nSPS) is 13.0. The first-order chi connectivity index (χ1) is 8.72. The van der Waals surface area contributed by atoms with E-state index in [4.69, 9.17) is 9.52 Å². The molecule has 2 aromatic rings. The van der Waals surface area contributed by atoms with Crippen LogP contribution in [0.1, 0.15) is 18.9 Å². The molecule has 3 N–H and O–H groups in total. The summed E-state index contributed by atoms with van der Waals surface area (Å²) in [4.78, 5) is 13.6. The number of fused-ring (bicyclic) bond motifs is 1. The standard InChI is InChI=1S/C13H18N2O3/c1-2-9(8-16)6-14-7-10-3-4-11-12(5-10)18-13(17)15-11/h3-5,9,14,16H,2,6-8H2,1H3,(H,15,17). The zero-order valence-electron chi connectivity index (χ0n) is 10.4. The number of H-pyrrole nitrogens is 1. The topological polar surface area (TPSA) is 78.3 Å². The molecule has 0 saturated heterocycles. The molecular formula is C13H18N2O3. The first-order valence-corrected chi connectivity index (χ1v) is 6.16. The number of rotatable bonds is 6. The van der Waals surface area contributed by atoms with Crippen LogP contribution in [0.25, 0.3) is 11.1 Å². The summed E-state index contributed by atoms with van der Waals surface area (Å²) in [5.41, 5.74) is 2.34. The molecule has 0 aliphatic heterocycles. The molecule has 1 unspecified atom stereocenters. The fraction of sp³-hybridized carbons (Fsp3) is 0.462. The minimum Gasteiger partial charge on any atom is -0.408 e. The molecule has 0 radical (unpaired) electrons. The molecule has 0 bridgehead atoms. The maximum absolute atomic E-state index is 11.0. The van der Waals surface area contributed by atoms with Crippen molar-refractivity contribution in [1.29, 1.82) is 0 Å². The average molecular weight is 250 g/mol. The van der Waals surface area contributed by atoms with Gasteiger partial charge in [-0.1, -0.05) is 13.0 Å². The Hall–Kier alpha value is -1.59. The first kappa shape index (κ1) is 12.9. The Bertz CT molecular complexity index is 555. The highest BCUT2D eigenvalue weighted by atomic mass is 16.4. The summed E-state index contributed by atoms with van der Waals surface area (Å²) in [6.07, 6.45) is 0.954. The van der Waals surface area contributed by atoms with Crippen LogP contribution < -0.4 is 11.1 Å². The van der Waals surface area contributed by atoms with E-state index in [1.807, 2.05) is 18.2 Å². The number of aromatic nitrogens is 1. The van der Waals surface area contributed by atoms with Gasteiger partial charge in [-0.25, -0.2) is 4.79 Å². The van der Waals surface area contributed by atoms with E-state index in [0.29, 0.717) is 23.6 Å². The van der Waals surface area contributed by atoms with Crippen molar-refractivity contribution >= 4 is 11.1 Å². The molecule has 0 aliphatic rings. The van der Waals surface area contributed by atoms with Gasteiger partial charge in [-0.05, 0) is 30.0 Å². The number of aliphatic hydroxyl groups is 1. The molecule has 1 atom stereocenters. The Morgan fingerprint density at radius 1 is 1.50 bits per heavy atom. The molecule has 0 spiro atoms. The number of aliphatic hydroxyl groups excluding tert-OH is 1. The van der Waals surface area contributed by atoms with Crippen LogP contribution in [0.4, 0.5) is 0 Å². The monoisotopic (exact) mass is 250 g/mol. The van der Waals surface area contributed by atoms with Gasteiger partial charge in [0.15, 0.2) is 5.58 Å². The van der Waals surface area contributed by atoms with Crippen molar-refractivity contribution in [3.8, 4) is 0 Å². The molecule has 1 aromatic heterocycles. The van der Waals surface area contributed by atoms with Gasteiger partial charge >= 0.3 is 5.76 Å². The van der Waals surface area contributed by atoms with Crippen LogP contribution in [0.5, 0.6) is 0 Å². The molecule has 2 rings (SSSR count). The third-order valence-electron chi connectivity index (χ3n) is 3.08. The zero-order valence-corrected chi connectivity index (χ0v) is 10.4. The van der Waals surface area contributed by atoms with Gasteiger partial charge < -0.3 is 14.8 Å². The van der Waals surface area contributed by atoms with Crippen LogP contribution in [-0.4, -0.2) is 23.2 Å². The second-order valence-corrected chi connectivity index (χ2v) is 4.43. The van der Waals surface area contributed by atoms with Gasteiger partial charge in [-0.15, -0.1) is 0 Å². The van der Waals surface area contributed by atoms with Crippen LogP contribution >= 0.6 is 0 Å². The zero-order chi connectivity index (χ0) is 13.0. The summed E-state index contributed by atoms with van der Waals surface area (Å²) in [5, 5.41) is 12.4. The minimum atomic E-state index is -0.429. The molecule has 0 aliphatic carbocycles. The lowest BCUT2D eigenvalue weighted by molar-refractivity contribution is 0.218. The van der Waals surface area contributed by atoms with E-state index in [1.165, 1.54) is 0 Å². The predicted octanol–water partition coefficient (Wildman–Crippen LogP) is 1.23. The van der Waals surface area contributed by atoms with Crippen LogP contribution in [0.15, 0.2) is 27.4 Å². The number of benzene rings is 1. The molecule has 5 heteroatoms. The third kappa shape index (κ3) is 3.00. The molecule has 18 heavy (non-hydrogen) atoms. The second-order valence-electron chi connectivity index (χ2n) is 4.43. The molecule has 98 valence electrons. The number of oxazole rings is 1. The van der Waals surface area contributed by atoms with Crippen LogP contribution in [0, 0.1) is 5.92 Å². The Labute approximate surface area is 105 Å². The summed E-state index contributed by atoms with van der Waals surface area (Å²) in [6.45, 7) is 3.74. The summed E-state index contributed by atoms with van der Waals surface area (Å²) in [7, 11) is 0. The van der Waals surface area contributed by atoms with Gasteiger partial charge in [0.2, 0.25) is 0 Å². The highest BCUT2D eigenvalue weighted by Crippen LogP contribution is 2.12. The van der Waals surface area contributed by atoms with Crippen molar-refractivity contribution in [2.24, 2.45) is 5.92 Å². The Balaban J connectivity index is 1.97. The summed E-state index contributed by atoms with van der Waals surface area (Å²) in [5.74, 6) is -0.139. The van der Waals surface area contributed by atoms with Crippen LogP contribution in [0.3, 0.4) is 0 Å². The number of nitrogens with one attached hydrogen (secondary N) is 2. The van der Waals surface area contributed by atoms with Crippen LogP contribution in [-0.2, 0) is 6.54 Å². The predicted molar refractivity (Wildman–Crippen MR) is 69.4 cm³/mol. The van der Waals surface area contributed by atoms with E-state index in [1.54, 1.807) is 0 Å². The molecule has 1 aromatic carbocycles. The van der Waals surface area contributed by atoms with E-state index >= 15 is 0 Å². The second kappa shape index (κ2) is 5.84. The molecule has 0 saturated carbocycles. The number of hydrogen-bond acceptors (Lipinski definition) is 4. The maximum atomic E-state index is 11.0. The minimum absolute atomic E-state index is 0.204. The van der Waals surface area contributed by atoms with Gasteiger partial charge in [0.05, 0.1) is 5.52 Å². The van der Waals surface area contributed by atoms with Crippen LogP contribution in [0.2, 0.25) is 0 Å². The van der Waals surface area contributed by atoms with E-state index in [0.717, 1.165) is 18.5 Å². The van der Waals surface area contributed by atoms with Crippen molar-refractivity contribution in [3.63, 3.8) is 0 Å². The Morgan fingerprint density at radius 3 is 3.06 bits per heavy atom. The van der Waals surface area contributed by atoms with Crippen molar-refractivity contribution in [2.45, 2.75) is 19.9 Å². The third-order valence-corrected chi connectivity index (χ3v) is 3.08. The fourth-order valence-corrected chi connectivity index (χ4v) is 1.86.